The third kappa shape index (κ3) is 6.61. The van der Waals surface area contributed by atoms with Crippen molar-refractivity contribution in [3.63, 3.8) is 0 Å². The Balaban J connectivity index is 1.24. The number of nitrogens with zero attached hydrogens (tertiary/aromatic N) is 4. The number of benzene rings is 1. The van der Waals surface area contributed by atoms with Crippen LogP contribution in [0.1, 0.15) is 44.0 Å². The van der Waals surface area contributed by atoms with Gasteiger partial charge in [0.15, 0.2) is 5.82 Å². The predicted octanol–water partition coefficient (Wildman–Crippen LogP) is 3.37. The highest BCUT2D eigenvalue weighted by atomic mass is 16.5. The molecule has 0 aliphatic carbocycles. The van der Waals surface area contributed by atoms with Gasteiger partial charge in [-0.05, 0) is 31.0 Å². The SMILES string of the molecule is CCCC[C@@H]1CN(CCC(=O)NCCc2nc(-c3ccncc3)n[nH]2)Cc2ccccc2O1. The van der Waals surface area contributed by atoms with Gasteiger partial charge in [0.1, 0.15) is 17.7 Å². The molecular weight excluding hydrogens is 416 g/mol. The number of hydrogen-bond acceptors (Lipinski definition) is 6. The number of aromatic nitrogens is 4. The maximum absolute atomic E-state index is 12.5. The van der Waals surface area contributed by atoms with Gasteiger partial charge in [-0.1, -0.05) is 31.5 Å². The Labute approximate surface area is 194 Å². The molecule has 0 saturated carbocycles. The predicted molar refractivity (Wildman–Crippen MR) is 127 cm³/mol. The van der Waals surface area contributed by atoms with E-state index >= 15 is 0 Å². The molecule has 33 heavy (non-hydrogen) atoms. The fraction of sp³-hybridized carbons (Fsp3) is 0.440. The lowest BCUT2D eigenvalue weighted by atomic mass is 10.1. The molecule has 0 spiro atoms. The van der Waals surface area contributed by atoms with Crippen LogP contribution in [0.3, 0.4) is 0 Å². The van der Waals surface area contributed by atoms with Gasteiger partial charge >= 0.3 is 0 Å². The van der Waals surface area contributed by atoms with Gasteiger partial charge in [0, 0.05) is 62.5 Å². The minimum absolute atomic E-state index is 0.0485. The van der Waals surface area contributed by atoms with Crippen LogP contribution < -0.4 is 10.1 Å². The lowest BCUT2D eigenvalue weighted by molar-refractivity contribution is -0.121. The number of para-hydroxylation sites is 1. The van der Waals surface area contributed by atoms with Gasteiger partial charge in [-0.25, -0.2) is 4.98 Å². The molecule has 0 bridgehead atoms. The third-order valence-electron chi connectivity index (χ3n) is 5.81. The average molecular weight is 449 g/mol. The van der Waals surface area contributed by atoms with E-state index in [1.54, 1.807) is 12.4 Å². The quantitative estimate of drug-likeness (QED) is 0.494. The molecule has 0 unspecified atom stereocenters. The van der Waals surface area contributed by atoms with E-state index in [1.807, 2.05) is 30.3 Å². The van der Waals surface area contributed by atoms with E-state index in [-0.39, 0.29) is 12.0 Å². The summed E-state index contributed by atoms with van der Waals surface area (Å²) in [5.41, 5.74) is 2.10. The van der Waals surface area contributed by atoms with Crippen LogP contribution in [0.15, 0.2) is 48.8 Å². The number of hydrogen-bond donors (Lipinski definition) is 2. The Morgan fingerprint density at radius 1 is 1.24 bits per heavy atom. The average Bonchev–Trinajstić information content (AvgIpc) is 3.23. The summed E-state index contributed by atoms with van der Waals surface area (Å²) in [7, 11) is 0. The van der Waals surface area contributed by atoms with Gasteiger partial charge in [-0.3, -0.25) is 19.8 Å². The molecule has 1 aliphatic heterocycles. The van der Waals surface area contributed by atoms with Crippen molar-refractivity contribution >= 4 is 5.91 Å². The number of amides is 1. The Morgan fingerprint density at radius 2 is 2.09 bits per heavy atom. The zero-order valence-corrected chi connectivity index (χ0v) is 19.2. The zero-order valence-electron chi connectivity index (χ0n) is 19.2. The fourth-order valence-corrected chi connectivity index (χ4v) is 4.02. The molecule has 1 aromatic carbocycles. The van der Waals surface area contributed by atoms with Gasteiger partial charge in [-0.15, -0.1) is 0 Å². The van der Waals surface area contributed by atoms with Gasteiger partial charge in [0.05, 0.1) is 0 Å². The normalized spacial score (nSPS) is 16.0. The van der Waals surface area contributed by atoms with E-state index in [1.165, 1.54) is 5.56 Å². The number of unbranched alkanes of at least 4 members (excludes halogenated alkanes) is 1. The van der Waals surface area contributed by atoms with Gasteiger partial charge < -0.3 is 10.1 Å². The second-order valence-electron chi connectivity index (χ2n) is 8.42. The van der Waals surface area contributed by atoms with E-state index < -0.39 is 0 Å². The van der Waals surface area contributed by atoms with E-state index in [0.29, 0.717) is 31.8 Å². The minimum Gasteiger partial charge on any atom is -0.489 e. The number of nitrogens with one attached hydrogen (secondary N) is 2. The summed E-state index contributed by atoms with van der Waals surface area (Å²) in [5.74, 6) is 2.42. The van der Waals surface area contributed by atoms with Crippen molar-refractivity contribution in [2.24, 2.45) is 0 Å². The first kappa shape index (κ1) is 22.9. The molecule has 1 atom stereocenters. The molecule has 3 heterocycles. The summed E-state index contributed by atoms with van der Waals surface area (Å²) in [4.78, 5) is 23.3. The first-order valence-electron chi connectivity index (χ1n) is 11.8. The number of aromatic amines is 1. The molecule has 2 aromatic heterocycles. The Kier molecular flexibility index (Phi) is 8.03. The smallest absolute Gasteiger partial charge is 0.221 e. The molecular formula is C25H32N6O2. The van der Waals surface area contributed by atoms with Crippen LogP contribution in [0.25, 0.3) is 11.4 Å². The van der Waals surface area contributed by atoms with E-state index in [2.05, 4.69) is 43.4 Å². The number of pyridine rings is 1. The van der Waals surface area contributed by atoms with E-state index in [0.717, 1.165) is 49.5 Å². The van der Waals surface area contributed by atoms with Crippen molar-refractivity contribution < 1.29 is 9.53 Å². The van der Waals surface area contributed by atoms with Gasteiger partial charge in [0.2, 0.25) is 5.91 Å². The molecule has 1 amide bonds. The molecule has 8 heteroatoms. The van der Waals surface area contributed by atoms with E-state index in [9.17, 15) is 4.79 Å². The molecule has 0 radical (unpaired) electrons. The molecule has 2 N–H and O–H groups in total. The third-order valence-corrected chi connectivity index (χ3v) is 5.81. The second-order valence-corrected chi connectivity index (χ2v) is 8.42. The molecule has 4 rings (SSSR count). The Morgan fingerprint density at radius 3 is 2.94 bits per heavy atom. The number of ether oxygens (including phenoxy) is 1. The van der Waals surface area contributed by atoms with Crippen molar-refractivity contribution in [1.29, 1.82) is 0 Å². The van der Waals surface area contributed by atoms with Crippen LogP contribution in [-0.2, 0) is 17.8 Å². The van der Waals surface area contributed by atoms with Crippen LogP contribution >= 0.6 is 0 Å². The van der Waals surface area contributed by atoms with Crippen molar-refractivity contribution in [3.05, 3.63) is 60.2 Å². The summed E-state index contributed by atoms with van der Waals surface area (Å²) in [5, 5.41) is 10.2. The first-order chi connectivity index (χ1) is 16.2. The van der Waals surface area contributed by atoms with Gasteiger partial charge in [0.25, 0.3) is 0 Å². The zero-order chi connectivity index (χ0) is 22.9. The first-order valence-corrected chi connectivity index (χ1v) is 11.8. The standard InChI is InChI=1S/C25H32N6O2/c1-2-3-7-21-18-31(17-20-6-4-5-8-22(20)33-21)16-12-24(32)27-15-11-23-28-25(30-29-23)19-9-13-26-14-10-19/h4-6,8-10,13-14,21H,2-3,7,11-12,15-18H2,1H3,(H,27,32)(H,28,29,30)/t21-/m1/s1. The van der Waals surface area contributed by atoms with Crippen molar-refractivity contribution in [2.45, 2.75) is 51.7 Å². The maximum atomic E-state index is 12.5. The number of carbonyl (C=O) groups excluding carboxylic acids is 1. The summed E-state index contributed by atoms with van der Waals surface area (Å²) in [6.45, 7) is 5.08. The molecule has 8 nitrogen and oxygen atoms in total. The maximum Gasteiger partial charge on any atom is 0.221 e. The summed E-state index contributed by atoms with van der Waals surface area (Å²) < 4.78 is 6.28. The summed E-state index contributed by atoms with van der Waals surface area (Å²) >= 11 is 0. The summed E-state index contributed by atoms with van der Waals surface area (Å²) in [6, 6.07) is 12.0. The molecule has 0 fully saturated rings. The van der Waals surface area contributed by atoms with Crippen LogP contribution in [-0.4, -0.2) is 56.7 Å². The largest absolute Gasteiger partial charge is 0.489 e. The van der Waals surface area contributed by atoms with Crippen molar-refractivity contribution in [2.75, 3.05) is 19.6 Å². The Hall–Kier alpha value is -3.26. The lowest BCUT2D eigenvalue weighted by Crippen LogP contribution is -2.36. The lowest BCUT2D eigenvalue weighted by Gasteiger charge is -2.23. The van der Waals surface area contributed by atoms with Crippen molar-refractivity contribution in [3.8, 4) is 17.1 Å². The number of rotatable bonds is 10. The van der Waals surface area contributed by atoms with Crippen LogP contribution in [0.4, 0.5) is 0 Å². The van der Waals surface area contributed by atoms with Crippen LogP contribution in [0, 0.1) is 0 Å². The molecule has 174 valence electrons. The summed E-state index contributed by atoms with van der Waals surface area (Å²) in [6.07, 6.45) is 7.99. The number of H-pyrrole nitrogens is 1. The number of carbonyl (C=O) groups is 1. The van der Waals surface area contributed by atoms with Crippen LogP contribution in [0.5, 0.6) is 5.75 Å². The Bertz CT molecular complexity index is 1020. The molecule has 3 aromatic rings. The second kappa shape index (κ2) is 11.6. The van der Waals surface area contributed by atoms with Gasteiger partial charge in [-0.2, -0.15) is 5.10 Å². The highest BCUT2D eigenvalue weighted by molar-refractivity contribution is 5.76. The molecule has 1 aliphatic rings. The van der Waals surface area contributed by atoms with Crippen LogP contribution in [0.2, 0.25) is 0 Å². The topological polar surface area (TPSA) is 96.0 Å². The fourth-order valence-electron chi connectivity index (χ4n) is 4.02. The molecule has 0 saturated heterocycles. The number of fused-ring (bicyclic) bond motifs is 1. The van der Waals surface area contributed by atoms with E-state index in [4.69, 9.17) is 4.74 Å². The highest BCUT2D eigenvalue weighted by Crippen LogP contribution is 2.26. The van der Waals surface area contributed by atoms with Crippen molar-refractivity contribution in [1.82, 2.24) is 30.4 Å². The minimum atomic E-state index is 0.0485. The monoisotopic (exact) mass is 448 g/mol. The highest BCUT2D eigenvalue weighted by Gasteiger charge is 2.22.